The van der Waals surface area contributed by atoms with Crippen LogP contribution in [0.25, 0.3) is 28.1 Å². The summed E-state index contributed by atoms with van der Waals surface area (Å²) in [4.78, 5) is 25.2. The van der Waals surface area contributed by atoms with Crippen LogP contribution in [0.2, 0.25) is 5.02 Å². The molecule has 1 aromatic carbocycles. The van der Waals surface area contributed by atoms with Crippen molar-refractivity contribution in [2.24, 2.45) is 0 Å². The molecule has 5 heterocycles. The number of morpholine rings is 1. The first-order valence-corrected chi connectivity index (χ1v) is 12.7. The Morgan fingerprint density at radius 1 is 1.22 bits per heavy atom. The normalized spacial score (nSPS) is 20.1. The summed E-state index contributed by atoms with van der Waals surface area (Å²) in [6, 6.07) is 5.62. The summed E-state index contributed by atoms with van der Waals surface area (Å²) in [5, 5.41) is 14.3. The van der Waals surface area contributed by atoms with Gasteiger partial charge in [0.05, 0.1) is 40.4 Å². The second kappa shape index (κ2) is 9.22. The zero-order valence-electron chi connectivity index (χ0n) is 20.6. The molecule has 0 spiro atoms. The Balaban J connectivity index is 1.48. The number of rotatable bonds is 5. The third kappa shape index (κ3) is 4.20. The van der Waals surface area contributed by atoms with E-state index in [1.165, 1.54) is 6.33 Å². The maximum atomic E-state index is 14.0. The quantitative estimate of drug-likeness (QED) is 0.388. The minimum atomic E-state index is -0.315. The first-order valence-electron chi connectivity index (χ1n) is 12.3. The SMILES string of the molecule is CC1(C)CCC(c2noc(-c3ncn4c3c(=O)n(CCN3CCOCC3)c3c(C#N)c(Cl)ccc34)n2)O1. The zero-order valence-corrected chi connectivity index (χ0v) is 21.4. The van der Waals surface area contributed by atoms with Crippen LogP contribution in [0.4, 0.5) is 0 Å². The van der Waals surface area contributed by atoms with E-state index in [9.17, 15) is 10.1 Å². The molecule has 2 saturated heterocycles. The Morgan fingerprint density at radius 3 is 2.76 bits per heavy atom. The van der Waals surface area contributed by atoms with E-state index in [-0.39, 0.29) is 39.4 Å². The molecule has 2 fully saturated rings. The molecule has 12 heteroatoms. The van der Waals surface area contributed by atoms with Gasteiger partial charge in [0.2, 0.25) is 5.82 Å². The van der Waals surface area contributed by atoms with Crippen molar-refractivity contribution in [1.29, 1.82) is 5.26 Å². The number of hydrogen-bond donors (Lipinski definition) is 0. The number of halogens is 1. The molecule has 2 aliphatic rings. The molecule has 4 aromatic rings. The molecule has 6 rings (SSSR count). The smallest absolute Gasteiger partial charge is 0.279 e. The van der Waals surface area contributed by atoms with Crippen molar-refractivity contribution in [2.75, 3.05) is 32.8 Å². The van der Waals surface area contributed by atoms with Gasteiger partial charge in [0.1, 0.15) is 24.0 Å². The average molecular weight is 524 g/mol. The topological polar surface area (TPSA) is 124 Å². The number of ether oxygens (including phenoxy) is 2. The molecule has 192 valence electrons. The molecule has 2 aliphatic heterocycles. The van der Waals surface area contributed by atoms with Crippen molar-refractivity contribution in [1.82, 2.24) is 29.0 Å². The Morgan fingerprint density at radius 2 is 2.03 bits per heavy atom. The van der Waals surface area contributed by atoms with Crippen LogP contribution in [-0.4, -0.2) is 67.4 Å². The fourth-order valence-electron chi connectivity index (χ4n) is 5.16. The molecule has 0 N–H and O–H groups in total. The Bertz CT molecular complexity index is 1590. The molecule has 0 saturated carbocycles. The molecule has 37 heavy (non-hydrogen) atoms. The van der Waals surface area contributed by atoms with Gasteiger partial charge in [-0.25, -0.2) is 4.98 Å². The molecule has 0 radical (unpaired) electrons. The van der Waals surface area contributed by atoms with Crippen molar-refractivity contribution in [3.63, 3.8) is 0 Å². The third-order valence-electron chi connectivity index (χ3n) is 7.11. The van der Waals surface area contributed by atoms with Gasteiger partial charge in [-0.15, -0.1) is 0 Å². The monoisotopic (exact) mass is 523 g/mol. The minimum Gasteiger partial charge on any atom is -0.379 e. The number of hydrogen-bond acceptors (Lipinski definition) is 9. The van der Waals surface area contributed by atoms with Crippen LogP contribution in [0.5, 0.6) is 0 Å². The van der Waals surface area contributed by atoms with Crippen LogP contribution >= 0.6 is 11.6 Å². The van der Waals surface area contributed by atoms with Gasteiger partial charge in [-0.1, -0.05) is 16.8 Å². The summed E-state index contributed by atoms with van der Waals surface area (Å²) in [5.74, 6) is 0.588. The summed E-state index contributed by atoms with van der Waals surface area (Å²) < 4.78 is 20.3. The number of benzene rings is 1. The molecule has 1 unspecified atom stereocenters. The zero-order chi connectivity index (χ0) is 25.7. The van der Waals surface area contributed by atoms with Gasteiger partial charge in [-0.3, -0.25) is 14.1 Å². The van der Waals surface area contributed by atoms with E-state index in [1.54, 1.807) is 21.1 Å². The fraction of sp³-hybridized carbons (Fsp3) is 0.480. The lowest BCUT2D eigenvalue weighted by atomic mass is 10.1. The Kier molecular flexibility index (Phi) is 6.00. The van der Waals surface area contributed by atoms with Crippen molar-refractivity contribution < 1.29 is 14.0 Å². The summed E-state index contributed by atoms with van der Waals surface area (Å²) in [5.41, 5.74) is 1.37. The first-order chi connectivity index (χ1) is 17.9. The lowest BCUT2D eigenvalue weighted by Gasteiger charge is -2.27. The second-order valence-electron chi connectivity index (χ2n) is 9.99. The van der Waals surface area contributed by atoms with Crippen LogP contribution in [0, 0.1) is 11.3 Å². The van der Waals surface area contributed by atoms with E-state index in [1.807, 2.05) is 13.8 Å². The van der Waals surface area contributed by atoms with Gasteiger partial charge in [-0.2, -0.15) is 10.2 Å². The maximum Gasteiger partial charge on any atom is 0.279 e. The predicted octanol–water partition coefficient (Wildman–Crippen LogP) is 3.19. The molecule has 0 aliphatic carbocycles. The van der Waals surface area contributed by atoms with E-state index in [0.29, 0.717) is 48.7 Å². The van der Waals surface area contributed by atoms with Crippen LogP contribution in [0.15, 0.2) is 27.8 Å². The van der Waals surface area contributed by atoms with E-state index >= 15 is 0 Å². The van der Waals surface area contributed by atoms with Crippen molar-refractivity contribution in [2.45, 2.75) is 44.9 Å². The lowest BCUT2D eigenvalue weighted by molar-refractivity contribution is -0.0207. The lowest BCUT2D eigenvalue weighted by Crippen LogP contribution is -2.39. The number of imidazole rings is 1. The van der Waals surface area contributed by atoms with Crippen molar-refractivity contribution in [3.8, 4) is 17.7 Å². The largest absolute Gasteiger partial charge is 0.379 e. The van der Waals surface area contributed by atoms with Gasteiger partial charge in [0.15, 0.2) is 5.69 Å². The molecule has 3 aromatic heterocycles. The third-order valence-corrected chi connectivity index (χ3v) is 7.42. The molecule has 1 atom stereocenters. The van der Waals surface area contributed by atoms with Gasteiger partial charge < -0.3 is 18.6 Å². The van der Waals surface area contributed by atoms with Gasteiger partial charge >= 0.3 is 0 Å². The molecule has 11 nitrogen and oxygen atoms in total. The summed E-state index contributed by atoms with van der Waals surface area (Å²) in [7, 11) is 0. The van der Waals surface area contributed by atoms with Crippen molar-refractivity contribution in [3.05, 3.63) is 45.2 Å². The number of aromatic nitrogens is 5. The highest BCUT2D eigenvalue weighted by atomic mass is 35.5. The fourth-order valence-corrected chi connectivity index (χ4v) is 5.35. The average Bonchev–Trinajstić information content (AvgIpc) is 3.62. The van der Waals surface area contributed by atoms with E-state index < -0.39 is 0 Å². The first kappa shape index (κ1) is 24.1. The van der Waals surface area contributed by atoms with Crippen LogP contribution in [0.3, 0.4) is 0 Å². The van der Waals surface area contributed by atoms with Gasteiger partial charge in [0.25, 0.3) is 11.4 Å². The summed E-state index contributed by atoms with van der Waals surface area (Å²) >= 11 is 6.38. The molecule has 0 bridgehead atoms. The Labute approximate surface area is 217 Å². The van der Waals surface area contributed by atoms with E-state index in [4.69, 9.17) is 25.6 Å². The van der Waals surface area contributed by atoms with Gasteiger partial charge in [0, 0.05) is 26.2 Å². The van der Waals surface area contributed by atoms with Crippen molar-refractivity contribution >= 4 is 28.2 Å². The van der Waals surface area contributed by atoms with E-state index in [2.05, 4.69) is 26.1 Å². The predicted molar refractivity (Wildman–Crippen MR) is 134 cm³/mol. The number of nitrogens with zero attached hydrogens (tertiary/aromatic N) is 7. The molecular formula is C25H26ClN7O4. The number of fused-ring (bicyclic) bond motifs is 3. The van der Waals surface area contributed by atoms with E-state index in [0.717, 1.165) is 25.9 Å². The maximum absolute atomic E-state index is 14.0. The highest BCUT2D eigenvalue weighted by Crippen LogP contribution is 2.38. The minimum absolute atomic E-state index is 0.149. The molecular weight excluding hydrogens is 498 g/mol. The summed E-state index contributed by atoms with van der Waals surface area (Å²) in [6.07, 6.45) is 2.94. The van der Waals surface area contributed by atoms with Gasteiger partial charge in [-0.05, 0) is 38.8 Å². The van der Waals surface area contributed by atoms with Crippen LogP contribution in [-0.2, 0) is 16.0 Å². The second-order valence-corrected chi connectivity index (χ2v) is 10.4. The number of nitriles is 1. The Hall–Kier alpha value is -3.30. The molecule has 0 amide bonds. The standard InChI is InChI=1S/C25H26ClN7O4/c1-25(2)6-5-18(36-25)22-29-23(37-30-22)19-21-24(34)32(8-7-31-9-11-35-12-10-31)20-15(13-27)16(26)3-4-17(20)33(21)14-28-19/h3-4,14,18H,5-12H2,1-2H3. The summed E-state index contributed by atoms with van der Waals surface area (Å²) in [6.45, 7) is 7.91. The van der Waals surface area contributed by atoms with Crippen LogP contribution in [0.1, 0.15) is 44.2 Å². The van der Waals surface area contributed by atoms with Crippen LogP contribution < -0.4 is 5.56 Å². The highest BCUT2D eigenvalue weighted by molar-refractivity contribution is 6.32. The highest BCUT2D eigenvalue weighted by Gasteiger charge is 2.36.